The molecule has 0 bridgehead atoms. The summed E-state index contributed by atoms with van der Waals surface area (Å²) in [4.78, 5) is 21.3. The molecule has 6 heteroatoms. The molecule has 106 valence electrons. The fraction of sp³-hybridized carbons (Fsp3) is 0.133. The van der Waals surface area contributed by atoms with Crippen molar-refractivity contribution in [2.45, 2.75) is 23.1 Å². The Morgan fingerprint density at radius 2 is 2.00 bits per heavy atom. The predicted octanol–water partition coefficient (Wildman–Crippen LogP) is 4.16. The average molecular weight is 316 g/mol. The van der Waals surface area contributed by atoms with Gasteiger partial charge in [0.15, 0.2) is 4.34 Å². The van der Waals surface area contributed by atoms with E-state index < -0.39 is 5.97 Å². The van der Waals surface area contributed by atoms with Gasteiger partial charge < -0.3 is 5.11 Å². The third-order valence-corrected chi connectivity index (χ3v) is 5.24. The minimum Gasteiger partial charge on any atom is -0.477 e. The highest BCUT2D eigenvalue weighted by Crippen LogP contribution is 2.36. The van der Waals surface area contributed by atoms with E-state index in [1.165, 1.54) is 23.1 Å². The Bertz CT molecular complexity index is 843. The van der Waals surface area contributed by atoms with Crippen molar-refractivity contribution in [2.24, 2.45) is 0 Å². The second-order valence-electron chi connectivity index (χ2n) is 4.58. The third-order valence-electron chi connectivity index (χ3n) is 2.97. The number of hydrogen-bond donors (Lipinski definition) is 1. The van der Waals surface area contributed by atoms with Crippen molar-refractivity contribution < 1.29 is 9.90 Å². The van der Waals surface area contributed by atoms with Crippen molar-refractivity contribution in [1.29, 1.82) is 0 Å². The minimum atomic E-state index is -0.924. The first-order chi connectivity index (χ1) is 10.0. The van der Waals surface area contributed by atoms with Crippen LogP contribution in [-0.2, 0) is 0 Å². The summed E-state index contributed by atoms with van der Waals surface area (Å²) < 4.78 is 0.737. The number of carboxylic acids is 1. The molecule has 3 aromatic rings. The quantitative estimate of drug-likeness (QED) is 0.786. The van der Waals surface area contributed by atoms with Crippen LogP contribution in [0.15, 0.2) is 39.6 Å². The summed E-state index contributed by atoms with van der Waals surface area (Å²) in [7, 11) is 0. The zero-order valence-corrected chi connectivity index (χ0v) is 13.1. The summed E-state index contributed by atoms with van der Waals surface area (Å²) in [6.45, 7) is 3.67. The molecular weight excluding hydrogens is 304 g/mol. The molecule has 21 heavy (non-hydrogen) atoms. The molecule has 0 aliphatic carbocycles. The number of carbonyl (C=O) groups is 1. The molecule has 0 saturated carbocycles. The van der Waals surface area contributed by atoms with Gasteiger partial charge in [0.2, 0.25) is 0 Å². The smallest absolute Gasteiger partial charge is 0.347 e. The van der Waals surface area contributed by atoms with Gasteiger partial charge in [-0.15, -0.1) is 11.3 Å². The lowest BCUT2D eigenvalue weighted by atomic mass is 10.2. The van der Waals surface area contributed by atoms with E-state index in [-0.39, 0.29) is 0 Å². The number of para-hydroxylation sites is 1. The first kappa shape index (κ1) is 14.0. The number of aryl methyl sites for hydroxylation is 2. The monoisotopic (exact) mass is 316 g/mol. The van der Waals surface area contributed by atoms with Gasteiger partial charge in [-0.2, -0.15) is 0 Å². The first-order valence-corrected chi connectivity index (χ1v) is 7.93. The van der Waals surface area contributed by atoms with E-state index in [0.717, 1.165) is 25.8 Å². The zero-order valence-electron chi connectivity index (χ0n) is 11.5. The predicted molar refractivity (Wildman–Crippen MR) is 84.4 cm³/mol. The van der Waals surface area contributed by atoms with Crippen LogP contribution < -0.4 is 0 Å². The number of pyridine rings is 1. The van der Waals surface area contributed by atoms with Gasteiger partial charge in [-0.05, 0) is 26.0 Å². The average Bonchev–Trinajstić information content (AvgIpc) is 2.79. The van der Waals surface area contributed by atoms with E-state index >= 15 is 0 Å². The molecule has 3 rings (SSSR count). The highest BCUT2D eigenvalue weighted by molar-refractivity contribution is 8.01. The van der Waals surface area contributed by atoms with E-state index in [2.05, 4.69) is 9.97 Å². The molecule has 0 spiro atoms. The normalized spacial score (nSPS) is 11.0. The fourth-order valence-corrected chi connectivity index (χ4v) is 4.27. The molecule has 0 unspecified atom stereocenters. The van der Waals surface area contributed by atoms with Crippen LogP contribution in [-0.4, -0.2) is 21.0 Å². The molecular formula is C15H12N2O2S2. The number of nitrogens with zero attached hydrogens (tertiary/aromatic N) is 2. The molecule has 1 aromatic carbocycles. The van der Waals surface area contributed by atoms with E-state index in [9.17, 15) is 4.79 Å². The number of rotatable bonds is 3. The van der Waals surface area contributed by atoms with E-state index in [1.807, 2.05) is 37.3 Å². The number of fused-ring (bicyclic) bond motifs is 1. The Balaban J connectivity index is 2.05. The van der Waals surface area contributed by atoms with E-state index in [1.54, 1.807) is 6.92 Å². The molecule has 0 radical (unpaired) electrons. The maximum atomic E-state index is 11.1. The molecule has 0 aliphatic heterocycles. The lowest BCUT2D eigenvalue weighted by Crippen LogP contribution is -1.94. The van der Waals surface area contributed by atoms with Crippen LogP contribution in [0, 0.1) is 13.8 Å². The summed E-state index contributed by atoms with van der Waals surface area (Å²) >= 11 is 2.70. The van der Waals surface area contributed by atoms with Crippen LogP contribution in [0.25, 0.3) is 10.9 Å². The van der Waals surface area contributed by atoms with Crippen LogP contribution in [0.5, 0.6) is 0 Å². The van der Waals surface area contributed by atoms with Gasteiger partial charge in [-0.25, -0.2) is 9.78 Å². The fourth-order valence-electron chi connectivity index (χ4n) is 2.06. The standard InChI is InChI=1S/C15H12N2O2S2/c1-8-7-12(10-5-3-4-6-11(10)16-8)20-15-17-9(2)13(21-15)14(18)19/h3-7H,1-2H3,(H,18,19). The molecule has 0 fully saturated rings. The van der Waals surface area contributed by atoms with Gasteiger partial charge in [-0.1, -0.05) is 30.0 Å². The minimum absolute atomic E-state index is 0.299. The molecule has 1 N–H and O–H groups in total. The molecule has 2 aromatic heterocycles. The summed E-state index contributed by atoms with van der Waals surface area (Å²) in [6.07, 6.45) is 0. The Hall–Kier alpha value is -1.92. The van der Waals surface area contributed by atoms with Gasteiger partial charge in [0.25, 0.3) is 0 Å². The molecule has 4 nitrogen and oxygen atoms in total. The van der Waals surface area contributed by atoms with Crippen LogP contribution in [0.3, 0.4) is 0 Å². The van der Waals surface area contributed by atoms with Gasteiger partial charge in [0.1, 0.15) is 4.88 Å². The molecule has 2 heterocycles. The maximum absolute atomic E-state index is 11.1. The second kappa shape index (κ2) is 5.46. The Kier molecular flexibility index (Phi) is 3.65. The van der Waals surface area contributed by atoms with E-state index in [0.29, 0.717) is 10.6 Å². The summed E-state index contributed by atoms with van der Waals surface area (Å²) in [5, 5.41) is 10.2. The Morgan fingerprint density at radius 1 is 1.24 bits per heavy atom. The van der Waals surface area contributed by atoms with Gasteiger partial charge in [0, 0.05) is 16.0 Å². The number of hydrogen-bond acceptors (Lipinski definition) is 5. The number of aromatic carboxylic acids is 1. The van der Waals surface area contributed by atoms with Crippen molar-refractivity contribution in [2.75, 3.05) is 0 Å². The highest BCUT2D eigenvalue weighted by Gasteiger charge is 2.15. The van der Waals surface area contributed by atoms with Crippen LogP contribution in [0.1, 0.15) is 21.1 Å². The molecule has 0 saturated heterocycles. The lowest BCUT2D eigenvalue weighted by Gasteiger charge is -2.05. The largest absolute Gasteiger partial charge is 0.477 e. The number of thiazole rings is 1. The van der Waals surface area contributed by atoms with Gasteiger partial charge in [-0.3, -0.25) is 4.98 Å². The van der Waals surface area contributed by atoms with Crippen LogP contribution in [0.2, 0.25) is 0 Å². The molecule has 0 aliphatic rings. The number of aromatic nitrogens is 2. The summed E-state index contributed by atoms with van der Waals surface area (Å²) in [6, 6.07) is 9.92. The van der Waals surface area contributed by atoms with Crippen LogP contribution in [0.4, 0.5) is 0 Å². The third kappa shape index (κ3) is 2.77. The Morgan fingerprint density at radius 3 is 2.71 bits per heavy atom. The number of carboxylic acid groups (broad SMARTS) is 1. The number of benzene rings is 1. The SMILES string of the molecule is Cc1cc(Sc2nc(C)c(C(=O)O)s2)c2ccccc2n1. The summed E-state index contributed by atoms with van der Waals surface area (Å²) in [5.41, 5.74) is 2.43. The van der Waals surface area contributed by atoms with Crippen LogP contribution >= 0.6 is 23.1 Å². The molecule has 0 amide bonds. The molecule has 0 atom stereocenters. The van der Waals surface area contributed by atoms with Crippen molar-refractivity contribution >= 4 is 40.0 Å². The van der Waals surface area contributed by atoms with Crippen molar-refractivity contribution in [3.8, 4) is 0 Å². The Labute approximate surface area is 129 Å². The second-order valence-corrected chi connectivity index (χ2v) is 6.87. The highest BCUT2D eigenvalue weighted by atomic mass is 32.2. The van der Waals surface area contributed by atoms with Gasteiger partial charge in [0.05, 0.1) is 11.2 Å². The van der Waals surface area contributed by atoms with Gasteiger partial charge >= 0.3 is 5.97 Å². The first-order valence-electron chi connectivity index (χ1n) is 6.29. The van der Waals surface area contributed by atoms with Crippen molar-refractivity contribution in [3.05, 3.63) is 46.6 Å². The van der Waals surface area contributed by atoms with E-state index in [4.69, 9.17) is 5.11 Å². The topological polar surface area (TPSA) is 63.1 Å². The maximum Gasteiger partial charge on any atom is 0.347 e. The summed E-state index contributed by atoms with van der Waals surface area (Å²) in [5.74, 6) is -0.924. The van der Waals surface area contributed by atoms with Crippen molar-refractivity contribution in [3.63, 3.8) is 0 Å². The van der Waals surface area contributed by atoms with Crippen molar-refractivity contribution in [1.82, 2.24) is 9.97 Å². The lowest BCUT2D eigenvalue weighted by molar-refractivity contribution is 0.0701. The zero-order chi connectivity index (χ0) is 15.0.